The molecular weight excluding hydrogens is 278 g/mol. The van der Waals surface area contributed by atoms with E-state index >= 15 is 0 Å². The van der Waals surface area contributed by atoms with Crippen LogP contribution in [0.2, 0.25) is 0 Å². The van der Waals surface area contributed by atoms with Crippen LogP contribution in [-0.4, -0.2) is 0 Å². The van der Waals surface area contributed by atoms with E-state index in [-0.39, 0.29) is 0 Å². The molecule has 0 bridgehead atoms. The molecule has 1 atom stereocenters. The van der Waals surface area contributed by atoms with Gasteiger partial charge in [0.15, 0.2) is 0 Å². The Morgan fingerprint density at radius 3 is 2.00 bits per heavy atom. The SMILES string of the molecule is CC1CCC(CCCC(CCCC#N)C2CCC(C)CC2)CC1. The fourth-order valence-electron chi connectivity index (χ4n) is 5.10. The zero-order valence-corrected chi connectivity index (χ0v) is 15.7. The van der Waals surface area contributed by atoms with Crippen LogP contribution in [-0.2, 0) is 0 Å². The molecular formula is C22H39N. The molecule has 0 amide bonds. The molecule has 132 valence electrons. The molecule has 0 aromatic carbocycles. The molecule has 2 aliphatic carbocycles. The van der Waals surface area contributed by atoms with E-state index in [0.29, 0.717) is 0 Å². The second kappa shape index (κ2) is 10.4. The van der Waals surface area contributed by atoms with E-state index in [4.69, 9.17) is 5.26 Å². The number of nitriles is 1. The lowest BCUT2D eigenvalue weighted by molar-refractivity contribution is 0.183. The molecule has 1 nitrogen and oxygen atoms in total. The van der Waals surface area contributed by atoms with Crippen molar-refractivity contribution < 1.29 is 0 Å². The Labute approximate surface area is 145 Å². The molecule has 0 heterocycles. The van der Waals surface area contributed by atoms with Gasteiger partial charge in [0.25, 0.3) is 0 Å². The molecule has 0 saturated heterocycles. The van der Waals surface area contributed by atoms with Gasteiger partial charge in [0.2, 0.25) is 0 Å². The normalized spacial score (nSPS) is 33.1. The predicted octanol–water partition coefficient (Wildman–Crippen LogP) is 7.12. The number of rotatable bonds is 8. The van der Waals surface area contributed by atoms with Crippen LogP contribution in [0.5, 0.6) is 0 Å². The van der Waals surface area contributed by atoms with Crippen molar-refractivity contribution in [3.63, 3.8) is 0 Å². The zero-order chi connectivity index (χ0) is 16.5. The lowest BCUT2D eigenvalue weighted by atomic mass is 9.72. The minimum Gasteiger partial charge on any atom is -0.198 e. The summed E-state index contributed by atoms with van der Waals surface area (Å²) in [5.74, 6) is 4.84. The monoisotopic (exact) mass is 317 g/mol. The van der Waals surface area contributed by atoms with Crippen molar-refractivity contribution in [3.8, 4) is 6.07 Å². The standard InChI is InChI=1S/C22H39N/c1-18-9-13-20(14-10-18)6-5-8-21(7-3-4-17-23)22-15-11-19(2)12-16-22/h18-22H,3-16H2,1-2H3. The van der Waals surface area contributed by atoms with Crippen molar-refractivity contribution in [1.29, 1.82) is 5.26 Å². The summed E-state index contributed by atoms with van der Waals surface area (Å²) in [5.41, 5.74) is 0. The Morgan fingerprint density at radius 2 is 1.39 bits per heavy atom. The maximum absolute atomic E-state index is 8.84. The first-order valence-corrected chi connectivity index (χ1v) is 10.6. The van der Waals surface area contributed by atoms with Crippen LogP contribution in [0.4, 0.5) is 0 Å². The first-order chi connectivity index (χ1) is 11.2. The van der Waals surface area contributed by atoms with Gasteiger partial charge in [-0.3, -0.25) is 0 Å². The highest BCUT2D eigenvalue weighted by Crippen LogP contribution is 2.38. The van der Waals surface area contributed by atoms with E-state index in [0.717, 1.165) is 42.4 Å². The molecule has 0 N–H and O–H groups in total. The Balaban J connectivity index is 1.71. The van der Waals surface area contributed by atoms with Gasteiger partial charge in [-0.15, -0.1) is 0 Å². The number of nitrogens with zero attached hydrogens (tertiary/aromatic N) is 1. The van der Waals surface area contributed by atoms with Gasteiger partial charge in [0, 0.05) is 6.42 Å². The average Bonchev–Trinajstić information content (AvgIpc) is 2.56. The van der Waals surface area contributed by atoms with Crippen LogP contribution < -0.4 is 0 Å². The van der Waals surface area contributed by atoms with Gasteiger partial charge in [0.1, 0.15) is 0 Å². The van der Waals surface area contributed by atoms with E-state index in [1.165, 1.54) is 77.0 Å². The van der Waals surface area contributed by atoms with E-state index in [1.54, 1.807) is 0 Å². The van der Waals surface area contributed by atoms with Crippen LogP contribution >= 0.6 is 0 Å². The molecule has 2 aliphatic rings. The van der Waals surface area contributed by atoms with Gasteiger partial charge in [-0.1, -0.05) is 71.6 Å². The molecule has 0 aromatic heterocycles. The van der Waals surface area contributed by atoms with Gasteiger partial charge in [-0.2, -0.15) is 5.26 Å². The van der Waals surface area contributed by atoms with Crippen molar-refractivity contribution >= 4 is 0 Å². The van der Waals surface area contributed by atoms with Crippen LogP contribution in [0, 0.1) is 40.9 Å². The largest absolute Gasteiger partial charge is 0.198 e. The second-order valence-electron chi connectivity index (χ2n) is 8.89. The summed E-state index contributed by atoms with van der Waals surface area (Å²) in [4.78, 5) is 0. The van der Waals surface area contributed by atoms with Crippen LogP contribution in [0.3, 0.4) is 0 Å². The Morgan fingerprint density at radius 1 is 0.826 bits per heavy atom. The van der Waals surface area contributed by atoms with Crippen LogP contribution in [0.25, 0.3) is 0 Å². The molecule has 0 aliphatic heterocycles. The Hall–Kier alpha value is -0.510. The quantitative estimate of drug-likeness (QED) is 0.437. The first-order valence-electron chi connectivity index (χ1n) is 10.6. The lowest BCUT2D eigenvalue weighted by Crippen LogP contribution is -2.21. The van der Waals surface area contributed by atoms with E-state index in [9.17, 15) is 0 Å². The van der Waals surface area contributed by atoms with Crippen molar-refractivity contribution in [2.24, 2.45) is 29.6 Å². The summed E-state index contributed by atoms with van der Waals surface area (Å²) in [6.45, 7) is 4.84. The fraction of sp³-hybridized carbons (Fsp3) is 0.955. The highest BCUT2D eigenvalue weighted by atomic mass is 14.3. The molecule has 0 aromatic rings. The molecule has 2 saturated carbocycles. The van der Waals surface area contributed by atoms with Gasteiger partial charge in [-0.25, -0.2) is 0 Å². The third kappa shape index (κ3) is 6.86. The third-order valence-corrected chi connectivity index (χ3v) is 6.91. The lowest BCUT2D eigenvalue weighted by Gasteiger charge is -2.33. The first kappa shape index (κ1) is 18.8. The molecule has 1 heteroatoms. The van der Waals surface area contributed by atoms with E-state index in [1.807, 2.05) is 0 Å². The van der Waals surface area contributed by atoms with Gasteiger partial charge in [-0.05, 0) is 55.3 Å². The summed E-state index contributed by atoms with van der Waals surface area (Å²) in [6, 6.07) is 2.34. The fourth-order valence-corrected chi connectivity index (χ4v) is 5.10. The zero-order valence-electron chi connectivity index (χ0n) is 15.7. The molecule has 1 unspecified atom stereocenters. The molecule has 2 fully saturated rings. The van der Waals surface area contributed by atoms with Gasteiger partial charge in [0.05, 0.1) is 6.07 Å². The van der Waals surface area contributed by atoms with Crippen molar-refractivity contribution in [1.82, 2.24) is 0 Å². The molecule has 2 rings (SSSR count). The number of hydrogen-bond donors (Lipinski definition) is 0. The van der Waals surface area contributed by atoms with Gasteiger partial charge < -0.3 is 0 Å². The third-order valence-electron chi connectivity index (χ3n) is 6.91. The molecule has 0 spiro atoms. The number of hydrogen-bond acceptors (Lipinski definition) is 1. The minimum absolute atomic E-state index is 0.764. The minimum atomic E-state index is 0.764. The average molecular weight is 318 g/mol. The second-order valence-corrected chi connectivity index (χ2v) is 8.89. The molecule has 23 heavy (non-hydrogen) atoms. The summed E-state index contributed by atoms with van der Waals surface area (Å²) in [6.07, 6.45) is 19.3. The maximum Gasteiger partial charge on any atom is 0.0621 e. The Bertz CT molecular complexity index is 339. The number of unbranched alkanes of at least 4 members (excludes halogenated alkanes) is 1. The smallest absolute Gasteiger partial charge is 0.0621 e. The van der Waals surface area contributed by atoms with Crippen LogP contribution in [0.15, 0.2) is 0 Å². The van der Waals surface area contributed by atoms with Crippen molar-refractivity contribution in [2.45, 2.75) is 104 Å². The van der Waals surface area contributed by atoms with Gasteiger partial charge >= 0.3 is 0 Å². The van der Waals surface area contributed by atoms with E-state index < -0.39 is 0 Å². The van der Waals surface area contributed by atoms with Crippen LogP contribution in [0.1, 0.15) is 104 Å². The van der Waals surface area contributed by atoms with Crippen molar-refractivity contribution in [2.75, 3.05) is 0 Å². The highest BCUT2D eigenvalue weighted by molar-refractivity contribution is 4.79. The summed E-state index contributed by atoms with van der Waals surface area (Å²) >= 11 is 0. The summed E-state index contributed by atoms with van der Waals surface area (Å²) in [5, 5.41) is 8.84. The van der Waals surface area contributed by atoms with Crippen molar-refractivity contribution in [3.05, 3.63) is 0 Å². The Kier molecular flexibility index (Phi) is 8.49. The topological polar surface area (TPSA) is 23.8 Å². The van der Waals surface area contributed by atoms with E-state index in [2.05, 4.69) is 19.9 Å². The highest BCUT2D eigenvalue weighted by Gasteiger charge is 2.26. The summed E-state index contributed by atoms with van der Waals surface area (Å²) < 4.78 is 0. The maximum atomic E-state index is 8.84. The summed E-state index contributed by atoms with van der Waals surface area (Å²) in [7, 11) is 0. The predicted molar refractivity (Wildman–Crippen MR) is 99.0 cm³/mol. The molecule has 0 radical (unpaired) electrons.